The molecule has 1 saturated carbocycles. The molecule has 3 heteroatoms. The number of hydrogen-bond donors (Lipinski definition) is 1. The van der Waals surface area contributed by atoms with E-state index < -0.39 is 0 Å². The van der Waals surface area contributed by atoms with Crippen LogP contribution >= 0.6 is 0 Å². The molecule has 1 N–H and O–H groups in total. The number of rotatable bonds is 5. The number of nitrogens with one attached hydrogen (secondary N) is 1. The van der Waals surface area contributed by atoms with Gasteiger partial charge < -0.3 is 5.32 Å². The van der Waals surface area contributed by atoms with Gasteiger partial charge in [0, 0.05) is 18.8 Å². The lowest BCUT2D eigenvalue weighted by atomic mass is 10.1. The van der Waals surface area contributed by atoms with Crippen LogP contribution in [0.15, 0.2) is 12.4 Å². The molecule has 0 radical (unpaired) electrons. The zero-order chi connectivity index (χ0) is 11.4. The molecule has 1 heterocycles. The molecule has 1 aromatic heterocycles. The van der Waals surface area contributed by atoms with Crippen LogP contribution < -0.4 is 5.32 Å². The van der Waals surface area contributed by atoms with Crippen molar-refractivity contribution in [3.05, 3.63) is 12.4 Å². The smallest absolute Gasteiger partial charge is 0.0728 e. The molecule has 90 valence electrons. The summed E-state index contributed by atoms with van der Waals surface area (Å²) in [6, 6.07) is 0.671. The Bertz CT molecular complexity index is 319. The van der Waals surface area contributed by atoms with Gasteiger partial charge in [-0.15, -0.1) is 0 Å². The van der Waals surface area contributed by atoms with E-state index >= 15 is 0 Å². The Hall–Kier alpha value is -0.990. The van der Waals surface area contributed by atoms with Crippen molar-refractivity contribution in [3.8, 4) is 0 Å². The van der Waals surface area contributed by atoms with Gasteiger partial charge in [-0.3, -0.25) is 4.68 Å². The predicted octanol–water partition coefficient (Wildman–Crippen LogP) is 3.28. The minimum atomic E-state index is 0.671. The van der Waals surface area contributed by atoms with Gasteiger partial charge >= 0.3 is 0 Å². The second-order valence-electron chi connectivity index (χ2n) is 4.92. The van der Waals surface area contributed by atoms with E-state index in [-0.39, 0.29) is 0 Å². The predicted molar refractivity (Wildman–Crippen MR) is 67.6 cm³/mol. The van der Waals surface area contributed by atoms with E-state index in [2.05, 4.69) is 30.5 Å². The molecule has 0 saturated heterocycles. The van der Waals surface area contributed by atoms with Gasteiger partial charge in [-0.25, -0.2) is 0 Å². The third-order valence-electron chi connectivity index (χ3n) is 3.58. The third kappa shape index (κ3) is 2.77. The van der Waals surface area contributed by atoms with Crippen molar-refractivity contribution >= 4 is 5.69 Å². The summed E-state index contributed by atoms with van der Waals surface area (Å²) >= 11 is 0. The first-order chi connectivity index (χ1) is 7.81. The Morgan fingerprint density at radius 2 is 2.31 bits per heavy atom. The average Bonchev–Trinajstić information content (AvgIpc) is 2.89. The monoisotopic (exact) mass is 221 g/mol. The van der Waals surface area contributed by atoms with Crippen molar-refractivity contribution in [2.45, 2.75) is 58.5 Å². The number of anilines is 1. The zero-order valence-electron chi connectivity index (χ0n) is 10.4. The van der Waals surface area contributed by atoms with E-state index in [0.717, 1.165) is 18.9 Å². The van der Waals surface area contributed by atoms with Crippen molar-refractivity contribution < 1.29 is 0 Å². The Morgan fingerprint density at radius 1 is 1.44 bits per heavy atom. The largest absolute Gasteiger partial charge is 0.380 e. The minimum Gasteiger partial charge on any atom is -0.380 e. The molecule has 1 aliphatic carbocycles. The molecule has 0 aliphatic heterocycles. The van der Waals surface area contributed by atoms with Crippen LogP contribution in [0.1, 0.15) is 46.0 Å². The van der Waals surface area contributed by atoms with Gasteiger partial charge in [-0.1, -0.05) is 20.3 Å². The summed E-state index contributed by atoms with van der Waals surface area (Å²) in [5.41, 5.74) is 1.19. The van der Waals surface area contributed by atoms with Gasteiger partial charge in [0.2, 0.25) is 0 Å². The maximum Gasteiger partial charge on any atom is 0.0728 e. The summed E-state index contributed by atoms with van der Waals surface area (Å²) in [5.74, 6) is 0.934. The molecule has 1 aliphatic rings. The lowest BCUT2D eigenvalue weighted by Crippen LogP contribution is -2.14. The van der Waals surface area contributed by atoms with Gasteiger partial charge in [-0.2, -0.15) is 5.10 Å². The summed E-state index contributed by atoms with van der Waals surface area (Å²) in [4.78, 5) is 0. The number of nitrogens with zero attached hydrogens (tertiary/aromatic N) is 2. The number of hydrogen-bond acceptors (Lipinski definition) is 2. The molecule has 2 rings (SSSR count). The number of aromatic nitrogens is 2. The van der Waals surface area contributed by atoms with Crippen molar-refractivity contribution in [3.63, 3.8) is 0 Å². The van der Waals surface area contributed by atoms with Crippen LogP contribution in [0.4, 0.5) is 5.69 Å². The van der Waals surface area contributed by atoms with Crippen LogP contribution in [-0.2, 0) is 6.54 Å². The molecule has 0 spiro atoms. The SMILES string of the molecule is CCCn1cc(NC2CCC(CC)C2)cn1. The summed E-state index contributed by atoms with van der Waals surface area (Å²) in [6.45, 7) is 5.49. The first-order valence-corrected chi connectivity index (χ1v) is 6.60. The summed E-state index contributed by atoms with van der Waals surface area (Å²) in [5, 5.41) is 7.94. The van der Waals surface area contributed by atoms with Crippen molar-refractivity contribution in [2.75, 3.05) is 5.32 Å². The molecule has 0 aromatic carbocycles. The van der Waals surface area contributed by atoms with Crippen LogP contribution in [0.2, 0.25) is 0 Å². The quantitative estimate of drug-likeness (QED) is 0.827. The molecule has 0 bridgehead atoms. The van der Waals surface area contributed by atoms with Crippen LogP contribution in [-0.4, -0.2) is 15.8 Å². The van der Waals surface area contributed by atoms with Crippen LogP contribution in [0.3, 0.4) is 0 Å². The molecule has 2 unspecified atom stereocenters. The summed E-state index contributed by atoms with van der Waals surface area (Å²) < 4.78 is 2.02. The normalized spacial score (nSPS) is 24.9. The highest BCUT2D eigenvalue weighted by atomic mass is 15.3. The molecule has 0 amide bonds. The van der Waals surface area contributed by atoms with E-state index in [1.807, 2.05) is 10.9 Å². The highest BCUT2D eigenvalue weighted by Gasteiger charge is 2.23. The van der Waals surface area contributed by atoms with E-state index in [0.29, 0.717) is 6.04 Å². The zero-order valence-corrected chi connectivity index (χ0v) is 10.4. The van der Waals surface area contributed by atoms with Gasteiger partial charge in [0.1, 0.15) is 0 Å². The Labute approximate surface area is 98.2 Å². The van der Waals surface area contributed by atoms with Crippen molar-refractivity contribution in [1.82, 2.24) is 9.78 Å². The van der Waals surface area contributed by atoms with Crippen molar-refractivity contribution in [1.29, 1.82) is 0 Å². The average molecular weight is 221 g/mol. The summed E-state index contributed by atoms with van der Waals surface area (Å²) in [7, 11) is 0. The lowest BCUT2D eigenvalue weighted by Gasteiger charge is -2.12. The molecule has 2 atom stereocenters. The maximum atomic E-state index is 4.34. The fraction of sp³-hybridized carbons (Fsp3) is 0.769. The summed E-state index contributed by atoms with van der Waals surface area (Å²) in [6.07, 6.45) is 10.6. The fourth-order valence-corrected chi connectivity index (χ4v) is 2.60. The van der Waals surface area contributed by atoms with Gasteiger partial charge in [-0.05, 0) is 31.6 Å². The third-order valence-corrected chi connectivity index (χ3v) is 3.58. The first kappa shape index (κ1) is 11.5. The van der Waals surface area contributed by atoms with Crippen LogP contribution in [0, 0.1) is 5.92 Å². The lowest BCUT2D eigenvalue weighted by molar-refractivity contribution is 0.525. The Balaban J connectivity index is 1.84. The Morgan fingerprint density at radius 3 is 3.00 bits per heavy atom. The van der Waals surface area contributed by atoms with Crippen LogP contribution in [0.5, 0.6) is 0 Å². The molecule has 16 heavy (non-hydrogen) atoms. The molecule has 1 aromatic rings. The van der Waals surface area contributed by atoms with E-state index in [1.165, 1.54) is 31.4 Å². The van der Waals surface area contributed by atoms with E-state index in [1.54, 1.807) is 0 Å². The van der Waals surface area contributed by atoms with Crippen molar-refractivity contribution in [2.24, 2.45) is 5.92 Å². The molecular formula is C13H23N3. The standard InChI is InChI=1S/C13H23N3/c1-3-7-16-10-13(9-14-16)15-12-6-5-11(4-2)8-12/h9-12,15H,3-8H2,1-2H3. The van der Waals surface area contributed by atoms with Gasteiger partial charge in [0.05, 0.1) is 11.9 Å². The highest BCUT2D eigenvalue weighted by Crippen LogP contribution is 2.29. The number of aryl methyl sites for hydroxylation is 1. The van der Waals surface area contributed by atoms with Crippen LogP contribution in [0.25, 0.3) is 0 Å². The minimum absolute atomic E-state index is 0.671. The van der Waals surface area contributed by atoms with E-state index in [9.17, 15) is 0 Å². The first-order valence-electron chi connectivity index (χ1n) is 6.60. The second kappa shape index (κ2) is 5.37. The second-order valence-corrected chi connectivity index (χ2v) is 4.92. The van der Waals surface area contributed by atoms with Gasteiger partial charge in [0.15, 0.2) is 0 Å². The highest BCUT2D eigenvalue weighted by molar-refractivity contribution is 5.39. The fourth-order valence-electron chi connectivity index (χ4n) is 2.60. The maximum absolute atomic E-state index is 4.34. The molecular weight excluding hydrogens is 198 g/mol. The molecule has 3 nitrogen and oxygen atoms in total. The Kier molecular flexibility index (Phi) is 3.86. The van der Waals surface area contributed by atoms with Gasteiger partial charge in [0.25, 0.3) is 0 Å². The topological polar surface area (TPSA) is 29.9 Å². The molecule has 1 fully saturated rings. The van der Waals surface area contributed by atoms with E-state index in [4.69, 9.17) is 0 Å².